The van der Waals surface area contributed by atoms with Crippen molar-refractivity contribution in [2.45, 2.75) is 6.92 Å². The molecule has 2 aromatic rings. The van der Waals surface area contributed by atoms with Crippen molar-refractivity contribution in [3.05, 3.63) is 34.9 Å². The third-order valence-corrected chi connectivity index (χ3v) is 2.23. The van der Waals surface area contributed by atoms with Gasteiger partial charge < -0.3 is 10.3 Å². The van der Waals surface area contributed by atoms with Crippen LogP contribution < -0.4 is 5.73 Å². The fourth-order valence-electron chi connectivity index (χ4n) is 1.33. The molecule has 72 valence electrons. The summed E-state index contributed by atoms with van der Waals surface area (Å²) >= 11 is 5.84. The molecule has 2 N–H and O–H groups in total. The predicted molar refractivity (Wildman–Crippen MR) is 56.1 cm³/mol. The van der Waals surface area contributed by atoms with E-state index in [4.69, 9.17) is 21.9 Å². The Morgan fingerprint density at radius 3 is 2.71 bits per heavy atom. The molecule has 1 heterocycles. The van der Waals surface area contributed by atoms with Crippen LogP contribution in [0.2, 0.25) is 5.02 Å². The molecule has 0 fully saturated rings. The number of benzene rings is 1. The second-order valence-electron chi connectivity index (χ2n) is 3.07. The fraction of sp³-hybridized carbons (Fsp3) is 0.100. The van der Waals surface area contributed by atoms with Crippen LogP contribution in [0.5, 0.6) is 0 Å². The highest BCUT2D eigenvalue weighted by Crippen LogP contribution is 2.25. The number of aromatic nitrogens is 1. The summed E-state index contributed by atoms with van der Waals surface area (Å²) in [5, 5.41) is 4.54. The molecule has 0 bridgehead atoms. The Morgan fingerprint density at radius 1 is 1.36 bits per heavy atom. The van der Waals surface area contributed by atoms with E-state index in [0.717, 1.165) is 16.8 Å². The van der Waals surface area contributed by atoms with Gasteiger partial charge in [-0.3, -0.25) is 0 Å². The molecule has 1 aromatic carbocycles. The van der Waals surface area contributed by atoms with Crippen molar-refractivity contribution >= 4 is 17.5 Å². The van der Waals surface area contributed by atoms with Crippen molar-refractivity contribution in [1.29, 1.82) is 0 Å². The van der Waals surface area contributed by atoms with Gasteiger partial charge in [-0.05, 0) is 24.6 Å². The zero-order valence-corrected chi connectivity index (χ0v) is 8.38. The van der Waals surface area contributed by atoms with Crippen molar-refractivity contribution in [2.75, 3.05) is 5.73 Å². The molecule has 0 spiro atoms. The Bertz CT molecular complexity index is 465. The summed E-state index contributed by atoms with van der Waals surface area (Å²) in [4.78, 5) is 0. The first-order chi connectivity index (χ1) is 6.66. The van der Waals surface area contributed by atoms with Gasteiger partial charge in [0, 0.05) is 16.7 Å². The first-order valence-corrected chi connectivity index (χ1v) is 4.53. The van der Waals surface area contributed by atoms with E-state index in [1.807, 2.05) is 25.1 Å². The van der Waals surface area contributed by atoms with Crippen LogP contribution in [0.1, 0.15) is 5.56 Å². The molecule has 0 aliphatic rings. The van der Waals surface area contributed by atoms with Gasteiger partial charge in [-0.1, -0.05) is 22.8 Å². The molecule has 0 atom stereocenters. The van der Waals surface area contributed by atoms with Gasteiger partial charge in [0.15, 0.2) is 0 Å². The van der Waals surface area contributed by atoms with Gasteiger partial charge in [0.2, 0.25) is 5.88 Å². The smallest absolute Gasteiger partial charge is 0.222 e. The third-order valence-electron chi connectivity index (χ3n) is 1.99. The van der Waals surface area contributed by atoms with Crippen LogP contribution in [-0.2, 0) is 0 Å². The Kier molecular flexibility index (Phi) is 2.17. The van der Waals surface area contributed by atoms with E-state index in [2.05, 4.69) is 5.16 Å². The van der Waals surface area contributed by atoms with Crippen molar-refractivity contribution in [3.63, 3.8) is 0 Å². The van der Waals surface area contributed by atoms with E-state index >= 15 is 0 Å². The van der Waals surface area contributed by atoms with Crippen LogP contribution in [0, 0.1) is 6.92 Å². The third kappa shape index (κ3) is 1.59. The van der Waals surface area contributed by atoms with E-state index < -0.39 is 0 Å². The Hall–Kier alpha value is -1.48. The zero-order valence-electron chi connectivity index (χ0n) is 7.62. The van der Waals surface area contributed by atoms with Crippen LogP contribution in [-0.4, -0.2) is 5.16 Å². The van der Waals surface area contributed by atoms with E-state index in [1.54, 1.807) is 6.07 Å². The standard InChI is InChI=1S/C10H9ClN2O/c1-6-4-7(11)2-3-8(6)9-5-10(12)14-13-9/h2-5H,12H2,1H3. The molecule has 0 saturated carbocycles. The van der Waals surface area contributed by atoms with Crippen LogP contribution in [0.25, 0.3) is 11.3 Å². The molecule has 0 saturated heterocycles. The minimum Gasteiger partial charge on any atom is -0.368 e. The second kappa shape index (κ2) is 3.35. The number of hydrogen-bond donors (Lipinski definition) is 1. The van der Waals surface area contributed by atoms with Crippen molar-refractivity contribution in [3.8, 4) is 11.3 Å². The van der Waals surface area contributed by atoms with Gasteiger partial charge in [-0.2, -0.15) is 0 Å². The summed E-state index contributed by atoms with van der Waals surface area (Å²) < 4.78 is 4.80. The van der Waals surface area contributed by atoms with Crippen LogP contribution in [0.3, 0.4) is 0 Å². The Morgan fingerprint density at radius 2 is 2.14 bits per heavy atom. The molecule has 4 heteroatoms. The molecule has 14 heavy (non-hydrogen) atoms. The second-order valence-corrected chi connectivity index (χ2v) is 3.51. The van der Waals surface area contributed by atoms with Crippen LogP contribution in [0.4, 0.5) is 5.88 Å². The number of halogens is 1. The summed E-state index contributed by atoms with van der Waals surface area (Å²) in [7, 11) is 0. The topological polar surface area (TPSA) is 52.0 Å². The van der Waals surface area contributed by atoms with E-state index in [9.17, 15) is 0 Å². The molecule has 2 rings (SSSR count). The Balaban J connectivity index is 2.52. The Labute approximate surface area is 86.5 Å². The van der Waals surface area contributed by atoms with E-state index in [1.165, 1.54) is 0 Å². The van der Waals surface area contributed by atoms with Crippen LogP contribution >= 0.6 is 11.6 Å². The average molecular weight is 209 g/mol. The van der Waals surface area contributed by atoms with Crippen molar-refractivity contribution in [1.82, 2.24) is 5.16 Å². The number of aryl methyl sites for hydroxylation is 1. The van der Waals surface area contributed by atoms with Gasteiger partial charge in [0.1, 0.15) is 5.69 Å². The molecular formula is C10H9ClN2O. The van der Waals surface area contributed by atoms with Gasteiger partial charge in [-0.25, -0.2) is 0 Å². The fourth-order valence-corrected chi connectivity index (χ4v) is 1.56. The molecule has 0 aliphatic heterocycles. The first-order valence-electron chi connectivity index (χ1n) is 4.15. The summed E-state index contributed by atoms with van der Waals surface area (Å²) in [6.45, 7) is 1.96. The molecule has 0 unspecified atom stereocenters. The first kappa shape index (κ1) is 9.09. The quantitative estimate of drug-likeness (QED) is 0.784. The molecule has 0 radical (unpaired) electrons. The minimum atomic E-state index is 0.314. The summed E-state index contributed by atoms with van der Waals surface area (Å²) in [5.74, 6) is 0.314. The van der Waals surface area contributed by atoms with Crippen molar-refractivity contribution in [2.24, 2.45) is 0 Å². The molecular weight excluding hydrogens is 200 g/mol. The van der Waals surface area contributed by atoms with Crippen LogP contribution in [0.15, 0.2) is 28.8 Å². The number of nitrogen functional groups attached to an aromatic ring is 1. The van der Waals surface area contributed by atoms with E-state index in [-0.39, 0.29) is 0 Å². The number of anilines is 1. The number of nitrogens with zero attached hydrogens (tertiary/aromatic N) is 1. The lowest BCUT2D eigenvalue weighted by Crippen LogP contribution is -1.82. The molecule has 3 nitrogen and oxygen atoms in total. The normalized spacial score (nSPS) is 10.4. The lowest BCUT2D eigenvalue weighted by Gasteiger charge is -2.01. The maximum Gasteiger partial charge on any atom is 0.222 e. The highest BCUT2D eigenvalue weighted by molar-refractivity contribution is 6.30. The zero-order chi connectivity index (χ0) is 10.1. The average Bonchev–Trinajstić information content (AvgIpc) is 2.51. The van der Waals surface area contributed by atoms with Gasteiger partial charge >= 0.3 is 0 Å². The predicted octanol–water partition coefficient (Wildman–Crippen LogP) is 2.89. The number of nitrogens with two attached hydrogens (primary N) is 1. The monoisotopic (exact) mass is 208 g/mol. The van der Waals surface area contributed by atoms with Gasteiger partial charge in [0.25, 0.3) is 0 Å². The summed E-state index contributed by atoms with van der Waals surface area (Å²) in [6.07, 6.45) is 0. The van der Waals surface area contributed by atoms with Crippen molar-refractivity contribution < 1.29 is 4.52 Å². The molecule has 0 amide bonds. The lowest BCUT2D eigenvalue weighted by molar-refractivity contribution is 0.439. The number of hydrogen-bond acceptors (Lipinski definition) is 3. The highest BCUT2D eigenvalue weighted by atomic mass is 35.5. The highest BCUT2D eigenvalue weighted by Gasteiger charge is 2.06. The van der Waals surface area contributed by atoms with Gasteiger partial charge in [0.05, 0.1) is 0 Å². The number of rotatable bonds is 1. The van der Waals surface area contributed by atoms with Gasteiger partial charge in [-0.15, -0.1) is 0 Å². The summed E-state index contributed by atoms with van der Waals surface area (Å²) in [6, 6.07) is 7.28. The molecule has 1 aromatic heterocycles. The molecule has 0 aliphatic carbocycles. The summed E-state index contributed by atoms with van der Waals surface area (Å²) in [5.41, 5.74) is 8.20. The lowest BCUT2D eigenvalue weighted by atomic mass is 10.1. The maximum atomic E-state index is 5.84. The SMILES string of the molecule is Cc1cc(Cl)ccc1-c1cc(N)on1. The minimum absolute atomic E-state index is 0.314. The van der Waals surface area contributed by atoms with E-state index in [0.29, 0.717) is 10.9 Å². The maximum absolute atomic E-state index is 5.84. The largest absolute Gasteiger partial charge is 0.368 e.